The SMILES string of the molecule is CC(C)(C)C(=O)N1CCC(n2cc(Nc3ncc(F)c(-c4ccc(C(=O)CCC#N)cc4)n3)cn2)CC1. The van der Waals surface area contributed by atoms with E-state index in [1.807, 2.05) is 42.6 Å². The molecule has 1 aliphatic heterocycles. The minimum Gasteiger partial charge on any atom is -0.342 e. The van der Waals surface area contributed by atoms with Crippen LogP contribution in [0.2, 0.25) is 0 Å². The van der Waals surface area contributed by atoms with Crippen LogP contribution in [0.25, 0.3) is 11.3 Å². The van der Waals surface area contributed by atoms with Crippen LogP contribution in [0, 0.1) is 22.6 Å². The van der Waals surface area contributed by atoms with Gasteiger partial charge in [-0.3, -0.25) is 14.3 Å². The normalized spacial score (nSPS) is 14.3. The van der Waals surface area contributed by atoms with Crippen LogP contribution in [-0.2, 0) is 4.79 Å². The summed E-state index contributed by atoms with van der Waals surface area (Å²) in [5.41, 5.74) is 1.36. The van der Waals surface area contributed by atoms with Crippen molar-refractivity contribution in [2.24, 2.45) is 5.41 Å². The van der Waals surface area contributed by atoms with E-state index in [0.717, 1.165) is 19.0 Å². The molecule has 1 aromatic carbocycles. The molecule has 1 N–H and O–H groups in total. The molecule has 1 fully saturated rings. The van der Waals surface area contributed by atoms with E-state index in [4.69, 9.17) is 5.26 Å². The quantitative estimate of drug-likeness (QED) is 0.455. The molecule has 9 nitrogen and oxygen atoms in total. The smallest absolute Gasteiger partial charge is 0.228 e. The number of hydrogen-bond acceptors (Lipinski definition) is 7. The van der Waals surface area contributed by atoms with E-state index in [1.165, 1.54) is 0 Å². The summed E-state index contributed by atoms with van der Waals surface area (Å²) >= 11 is 0. The zero-order valence-electron chi connectivity index (χ0n) is 21.2. The molecule has 37 heavy (non-hydrogen) atoms. The van der Waals surface area contributed by atoms with E-state index in [1.54, 1.807) is 30.5 Å². The highest BCUT2D eigenvalue weighted by atomic mass is 19.1. The molecule has 0 unspecified atom stereocenters. The third-order valence-corrected chi connectivity index (χ3v) is 6.31. The molecule has 0 spiro atoms. The van der Waals surface area contributed by atoms with E-state index >= 15 is 0 Å². The molecular weight excluding hydrogens is 473 g/mol. The van der Waals surface area contributed by atoms with Crippen LogP contribution < -0.4 is 5.32 Å². The average Bonchev–Trinajstić information content (AvgIpc) is 3.36. The highest BCUT2D eigenvalue weighted by molar-refractivity contribution is 5.96. The van der Waals surface area contributed by atoms with Gasteiger partial charge in [0, 0.05) is 48.7 Å². The molecule has 1 aliphatic rings. The molecule has 3 heterocycles. The molecule has 3 aromatic rings. The summed E-state index contributed by atoms with van der Waals surface area (Å²) in [4.78, 5) is 34.9. The molecule has 10 heteroatoms. The molecule has 2 aromatic heterocycles. The van der Waals surface area contributed by atoms with Gasteiger partial charge >= 0.3 is 0 Å². The predicted octanol–water partition coefficient (Wildman–Crippen LogP) is 4.92. The van der Waals surface area contributed by atoms with Gasteiger partial charge in [-0.15, -0.1) is 0 Å². The number of ketones is 1. The minimum absolute atomic E-state index is 0.108. The largest absolute Gasteiger partial charge is 0.342 e. The summed E-state index contributed by atoms with van der Waals surface area (Å²) < 4.78 is 16.4. The molecule has 1 saturated heterocycles. The fourth-order valence-corrected chi connectivity index (χ4v) is 4.30. The van der Waals surface area contributed by atoms with Gasteiger partial charge in [0.1, 0.15) is 5.69 Å². The zero-order chi connectivity index (χ0) is 26.6. The molecule has 1 amide bonds. The van der Waals surface area contributed by atoms with Crippen LogP contribution in [0.3, 0.4) is 0 Å². The third kappa shape index (κ3) is 6.17. The average molecular weight is 504 g/mol. The van der Waals surface area contributed by atoms with Gasteiger partial charge in [-0.1, -0.05) is 45.0 Å². The maximum Gasteiger partial charge on any atom is 0.228 e. The van der Waals surface area contributed by atoms with Crippen molar-refractivity contribution in [3.05, 3.63) is 54.2 Å². The minimum atomic E-state index is -0.582. The fraction of sp³-hybridized carbons (Fsp3) is 0.407. The lowest BCUT2D eigenvalue weighted by molar-refractivity contribution is -0.140. The number of rotatable bonds is 7. The van der Waals surface area contributed by atoms with Gasteiger partial charge in [-0.2, -0.15) is 10.4 Å². The second kappa shape index (κ2) is 10.9. The lowest BCUT2D eigenvalue weighted by Gasteiger charge is -2.35. The monoisotopic (exact) mass is 503 g/mol. The maximum atomic E-state index is 14.5. The van der Waals surface area contributed by atoms with Crippen LogP contribution >= 0.6 is 0 Å². The van der Waals surface area contributed by atoms with E-state index in [0.29, 0.717) is 29.9 Å². The number of likely N-dealkylation sites (tertiary alicyclic amines) is 1. The summed E-state index contributed by atoms with van der Waals surface area (Å²) in [7, 11) is 0. The van der Waals surface area contributed by atoms with Gasteiger partial charge in [0.05, 0.1) is 30.2 Å². The van der Waals surface area contributed by atoms with Gasteiger partial charge in [0.2, 0.25) is 11.9 Å². The summed E-state index contributed by atoms with van der Waals surface area (Å²) in [6.07, 6.45) is 6.56. The van der Waals surface area contributed by atoms with Crippen molar-refractivity contribution in [1.82, 2.24) is 24.6 Å². The summed E-state index contributed by atoms with van der Waals surface area (Å²) in [5, 5.41) is 16.2. The second-order valence-corrected chi connectivity index (χ2v) is 10.2. The fourth-order valence-electron chi connectivity index (χ4n) is 4.30. The van der Waals surface area contributed by atoms with Gasteiger partial charge in [0.25, 0.3) is 0 Å². The van der Waals surface area contributed by atoms with Crippen molar-refractivity contribution in [1.29, 1.82) is 5.26 Å². The van der Waals surface area contributed by atoms with Crippen LogP contribution in [-0.4, -0.2) is 49.4 Å². The Labute approximate surface area is 215 Å². The number of halogens is 1. The molecular formula is C27H30FN7O2. The number of aromatic nitrogens is 4. The topological polar surface area (TPSA) is 117 Å². The first-order chi connectivity index (χ1) is 17.7. The standard InChI is InChI=1S/C27H30FN7O2/c1-27(2,3)25(37)34-13-10-21(11-14-34)35-17-20(15-31-35)32-26-30-16-22(28)24(33-26)19-8-6-18(7-9-19)23(36)5-4-12-29/h6-9,15-17,21H,4-5,10-11,13-14H2,1-3H3,(H,30,32,33). The Hall–Kier alpha value is -4.13. The van der Waals surface area contributed by atoms with Crippen molar-refractivity contribution >= 4 is 23.3 Å². The van der Waals surface area contributed by atoms with Crippen molar-refractivity contribution in [2.75, 3.05) is 18.4 Å². The Bertz CT molecular complexity index is 1310. The summed E-state index contributed by atoms with van der Waals surface area (Å²) in [6, 6.07) is 8.60. The maximum absolute atomic E-state index is 14.5. The number of nitrogens with zero attached hydrogens (tertiary/aromatic N) is 6. The number of nitriles is 1. The molecule has 192 valence electrons. The number of piperidine rings is 1. The number of hydrogen-bond donors (Lipinski definition) is 1. The highest BCUT2D eigenvalue weighted by Crippen LogP contribution is 2.28. The Morgan fingerprint density at radius 3 is 2.51 bits per heavy atom. The Balaban J connectivity index is 1.41. The Morgan fingerprint density at radius 2 is 1.86 bits per heavy atom. The van der Waals surface area contributed by atoms with Crippen molar-refractivity contribution in [2.45, 2.75) is 52.5 Å². The predicted molar refractivity (Wildman–Crippen MR) is 136 cm³/mol. The van der Waals surface area contributed by atoms with Gasteiger partial charge in [0.15, 0.2) is 11.6 Å². The first kappa shape index (κ1) is 25.9. The first-order valence-electron chi connectivity index (χ1n) is 12.3. The Kier molecular flexibility index (Phi) is 7.62. The molecule has 0 atom stereocenters. The van der Waals surface area contributed by atoms with E-state index in [-0.39, 0.29) is 47.6 Å². The van der Waals surface area contributed by atoms with Gasteiger partial charge < -0.3 is 10.2 Å². The van der Waals surface area contributed by atoms with Gasteiger partial charge in [-0.25, -0.2) is 14.4 Å². The molecule has 4 rings (SSSR count). The highest BCUT2D eigenvalue weighted by Gasteiger charge is 2.31. The van der Waals surface area contributed by atoms with Gasteiger partial charge in [-0.05, 0) is 12.8 Å². The Morgan fingerprint density at radius 1 is 1.16 bits per heavy atom. The third-order valence-electron chi connectivity index (χ3n) is 6.31. The number of benzene rings is 1. The van der Waals surface area contributed by atoms with Crippen molar-refractivity contribution < 1.29 is 14.0 Å². The van der Waals surface area contributed by atoms with Crippen molar-refractivity contribution in [3.63, 3.8) is 0 Å². The molecule has 0 bridgehead atoms. The van der Waals surface area contributed by atoms with Crippen LogP contribution in [0.5, 0.6) is 0 Å². The summed E-state index contributed by atoms with van der Waals surface area (Å²) in [5.74, 6) is -0.336. The van der Waals surface area contributed by atoms with E-state index in [2.05, 4.69) is 20.4 Å². The van der Waals surface area contributed by atoms with E-state index < -0.39 is 5.82 Å². The van der Waals surface area contributed by atoms with Crippen LogP contribution in [0.1, 0.15) is 62.9 Å². The lowest BCUT2D eigenvalue weighted by Crippen LogP contribution is -2.44. The van der Waals surface area contributed by atoms with Crippen LogP contribution in [0.4, 0.5) is 16.0 Å². The molecule has 0 radical (unpaired) electrons. The zero-order valence-corrected chi connectivity index (χ0v) is 21.2. The second-order valence-electron chi connectivity index (χ2n) is 10.2. The van der Waals surface area contributed by atoms with Crippen molar-refractivity contribution in [3.8, 4) is 17.3 Å². The van der Waals surface area contributed by atoms with E-state index in [9.17, 15) is 14.0 Å². The number of carbonyl (C=O) groups excluding carboxylic acids is 2. The summed E-state index contributed by atoms with van der Waals surface area (Å²) in [6.45, 7) is 7.19. The molecule has 0 saturated carbocycles. The number of amides is 1. The number of nitrogens with one attached hydrogen (secondary N) is 1. The molecule has 0 aliphatic carbocycles. The first-order valence-corrected chi connectivity index (χ1v) is 12.3. The number of anilines is 2. The van der Waals surface area contributed by atoms with Crippen LogP contribution in [0.15, 0.2) is 42.9 Å². The number of Topliss-reactive ketones (excluding diaryl/α,β-unsaturated/α-hetero) is 1. The number of carbonyl (C=O) groups is 2. The lowest BCUT2D eigenvalue weighted by atomic mass is 9.93.